The summed E-state index contributed by atoms with van der Waals surface area (Å²) in [5, 5.41) is 16.9. The first-order valence-electron chi connectivity index (χ1n) is 9.49. The van der Waals surface area contributed by atoms with Crippen LogP contribution in [0, 0.1) is 0 Å². The van der Waals surface area contributed by atoms with E-state index >= 15 is 0 Å². The average molecular weight is 374 g/mol. The molecule has 0 fully saturated rings. The Morgan fingerprint density at radius 3 is 1.90 bits per heavy atom. The molecule has 0 aromatic heterocycles. The molecule has 0 saturated carbocycles. The van der Waals surface area contributed by atoms with Crippen LogP contribution in [0.15, 0.2) is 113 Å². The molecular weight excluding hydrogens is 356 g/mol. The zero-order valence-electron chi connectivity index (χ0n) is 15.7. The maximum Gasteiger partial charge on any atom is 0.0985 e. The van der Waals surface area contributed by atoms with Crippen molar-refractivity contribution < 1.29 is 0 Å². The van der Waals surface area contributed by atoms with Gasteiger partial charge in [-0.3, -0.25) is 5.10 Å². The number of nitrogens with zero attached hydrogens (tertiary/aromatic N) is 3. The standard InChI is InChI=1S/C25H18N4/c1-4-10-18(11-5-1)24-21-16-17-22(27-26-20-14-8-3-9-15-20)23(21)25(29-28-24)19-12-6-2-7-13-19/h1-17,29H. The largest absolute Gasteiger partial charge is 0.277 e. The topological polar surface area (TPSA) is 53.4 Å². The second-order valence-electron chi connectivity index (χ2n) is 6.72. The van der Waals surface area contributed by atoms with Crippen LogP contribution in [0.2, 0.25) is 0 Å². The molecule has 4 heteroatoms. The molecule has 0 spiro atoms. The maximum absolute atomic E-state index is 4.69. The molecule has 29 heavy (non-hydrogen) atoms. The smallest absolute Gasteiger partial charge is 0.0985 e. The zero-order valence-corrected chi connectivity index (χ0v) is 15.7. The molecule has 0 amide bonds. The van der Waals surface area contributed by atoms with Crippen molar-refractivity contribution >= 4 is 11.4 Å². The van der Waals surface area contributed by atoms with Crippen molar-refractivity contribution in [1.82, 2.24) is 10.2 Å². The molecule has 1 heterocycles. The number of benzene rings is 3. The van der Waals surface area contributed by atoms with E-state index in [1.807, 2.05) is 72.8 Å². The van der Waals surface area contributed by atoms with E-state index in [4.69, 9.17) is 0 Å². The molecule has 3 aromatic rings. The molecule has 0 bridgehead atoms. The van der Waals surface area contributed by atoms with Crippen LogP contribution in [0.5, 0.6) is 0 Å². The molecule has 4 nitrogen and oxygen atoms in total. The van der Waals surface area contributed by atoms with Crippen molar-refractivity contribution in [2.45, 2.75) is 0 Å². The van der Waals surface area contributed by atoms with Crippen molar-refractivity contribution in [2.24, 2.45) is 10.2 Å². The Labute approximate surface area is 168 Å². The summed E-state index contributed by atoms with van der Waals surface area (Å²) in [4.78, 5) is 0. The highest BCUT2D eigenvalue weighted by Gasteiger charge is 2.21. The van der Waals surface area contributed by atoms with Crippen LogP contribution in [0.25, 0.3) is 33.6 Å². The van der Waals surface area contributed by atoms with Gasteiger partial charge in [0, 0.05) is 22.3 Å². The number of hydrogen-bond donors (Lipinski definition) is 1. The van der Waals surface area contributed by atoms with Gasteiger partial charge in [0.2, 0.25) is 0 Å². The summed E-state index contributed by atoms with van der Waals surface area (Å²) in [5.74, 6) is 0. The van der Waals surface area contributed by atoms with Crippen LogP contribution >= 0.6 is 0 Å². The minimum atomic E-state index is 0.818. The Morgan fingerprint density at radius 2 is 1.21 bits per heavy atom. The van der Waals surface area contributed by atoms with E-state index in [-0.39, 0.29) is 0 Å². The fourth-order valence-electron chi connectivity index (χ4n) is 3.47. The van der Waals surface area contributed by atoms with Gasteiger partial charge in [0.25, 0.3) is 0 Å². The second-order valence-corrected chi connectivity index (χ2v) is 6.72. The van der Waals surface area contributed by atoms with Crippen molar-refractivity contribution in [3.63, 3.8) is 0 Å². The van der Waals surface area contributed by atoms with Crippen molar-refractivity contribution in [3.05, 3.63) is 103 Å². The van der Waals surface area contributed by atoms with Crippen LogP contribution in [0.1, 0.15) is 0 Å². The first-order valence-corrected chi connectivity index (χ1v) is 9.49. The molecule has 5 rings (SSSR count). The normalized spacial score (nSPS) is 11.3. The lowest BCUT2D eigenvalue weighted by molar-refractivity contribution is 1.05. The Bertz CT molecular complexity index is 1230. The van der Waals surface area contributed by atoms with E-state index in [1.165, 1.54) is 0 Å². The molecule has 0 radical (unpaired) electrons. The summed E-state index contributed by atoms with van der Waals surface area (Å²) < 4.78 is 0. The molecule has 2 aliphatic rings. The lowest BCUT2D eigenvalue weighted by atomic mass is 9.98. The summed E-state index contributed by atoms with van der Waals surface area (Å²) in [6.45, 7) is 0. The number of aromatic amines is 1. The number of hydrogen-bond acceptors (Lipinski definition) is 3. The minimum absolute atomic E-state index is 0.818. The minimum Gasteiger partial charge on any atom is -0.277 e. The SMILES string of the molecule is c1ccc(N=Nc2ccc3c(-c4ccccc4)n[nH]c(-c4ccccc4)c2-3)cc1. The fraction of sp³-hybridized carbons (Fsp3) is 0. The van der Waals surface area contributed by atoms with Crippen molar-refractivity contribution in [1.29, 1.82) is 0 Å². The summed E-state index contributed by atoms with van der Waals surface area (Å²) in [7, 11) is 0. The number of aromatic nitrogens is 2. The molecule has 0 unspecified atom stereocenters. The number of azo groups is 1. The van der Waals surface area contributed by atoms with Gasteiger partial charge in [-0.2, -0.15) is 10.2 Å². The van der Waals surface area contributed by atoms with Crippen molar-refractivity contribution in [3.8, 4) is 33.6 Å². The van der Waals surface area contributed by atoms with Gasteiger partial charge in [-0.05, 0) is 24.3 Å². The Hall–Kier alpha value is -4.05. The lowest BCUT2D eigenvalue weighted by Crippen LogP contribution is -1.97. The van der Waals surface area contributed by atoms with E-state index in [0.29, 0.717) is 0 Å². The van der Waals surface area contributed by atoms with Gasteiger partial charge in [0.1, 0.15) is 0 Å². The van der Waals surface area contributed by atoms with Gasteiger partial charge in [-0.25, -0.2) is 0 Å². The molecule has 0 atom stereocenters. The van der Waals surface area contributed by atoms with Crippen LogP contribution in [0.3, 0.4) is 0 Å². The lowest BCUT2D eigenvalue weighted by Gasteiger charge is -2.13. The monoisotopic (exact) mass is 374 g/mol. The third kappa shape index (κ3) is 3.32. The summed E-state index contributed by atoms with van der Waals surface area (Å²) in [6.07, 6.45) is 0. The molecule has 1 aliphatic carbocycles. The number of nitrogens with one attached hydrogen (secondary N) is 1. The number of fused-ring (bicyclic) bond motifs is 1. The van der Waals surface area contributed by atoms with E-state index in [9.17, 15) is 0 Å². The van der Waals surface area contributed by atoms with Crippen LogP contribution in [0.4, 0.5) is 11.4 Å². The molecule has 138 valence electrons. The van der Waals surface area contributed by atoms with Crippen LogP contribution < -0.4 is 0 Å². The van der Waals surface area contributed by atoms with Gasteiger partial charge in [0.15, 0.2) is 0 Å². The van der Waals surface area contributed by atoms with Gasteiger partial charge < -0.3 is 0 Å². The zero-order chi connectivity index (χ0) is 19.5. The van der Waals surface area contributed by atoms with Gasteiger partial charge in [0.05, 0.1) is 22.8 Å². The van der Waals surface area contributed by atoms with E-state index in [1.54, 1.807) is 0 Å². The van der Waals surface area contributed by atoms with Crippen LogP contribution in [-0.2, 0) is 0 Å². The predicted octanol–water partition coefficient (Wildman–Crippen LogP) is 7.26. The predicted molar refractivity (Wildman–Crippen MR) is 117 cm³/mol. The average Bonchev–Trinajstić information content (AvgIpc) is 3.23. The molecule has 1 N–H and O–H groups in total. The highest BCUT2D eigenvalue weighted by molar-refractivity contribution is 5.96. The third-order valence-corrected chi connectivity index (χ3v) is 4.86. The Balaban J connectivity index is 1.69. The number of H-pyrrole nitrogens is 1. The van der Waals surface area contributed by atoms with Gasteiger partial charge in [-0.1, -0.05) is 78.9 Å². The van der Waals surface area contributed by atoms with Crippen molar-refractivity contribution in [2.75, 3.05) is 0 Å². The van der Waals surface area contributed by atoms with Gasteiger partial charge in [-0.15, -0.1) is 5.11 Å². The highest BCUT2D eigenvalue weighted by Crippen LogP contribution is 2.45. The highest BCUT2D eigenvalue weighted by atomic mass is 15.1. The first kappa shape index (κ1) is 17.1. The summed E-state index contributed by atoms with van der Waals surface area (Å²) in [5.41, 5.74) is 7.68. The number of rotatable bonds is 4. The summed E-state index contributed by atoms with van der Waals surface area (Å²) in [6, 6.07) is 34.2. The maximum atomic E-state index is 4.69. The van der Waals surface area contributed by atoms with Gasteiger partial charge >= 0.3 is 0 Å². The van der Waals surface area contributed by atoms with Crippen LogP contribution in [-0.4, -0.2) is 10.2 Å². The molecule has 3 aromatic carbocycles. The molecular formula is C25H18N4. The molecule has 0 saturated heterocycles. The first-order chi connectivity index (χ1) is 14.4. The summed E-state index contributed by atoms with van der Waals surface area (Å²) >= 11 is 0. The van der Waals surface area contributed by atoms with E-state index in [2.05, 4.69) is 50.8 Å². The second kappa shape index (κ2) is 7.52. The third-order valence-electron chi connectivity index (χ3n) is 4.86. The quantitative estimate of drug-likeness (QED) is 0.331. The Kier molecular flexibility index (Phi) is 4.43. The van der Waals surface area contributed by atoms with E-state index in [0.717, 1.165) is 45.0 Å². The molecule has 1 aliphatic heterocycles. The fourth-order valence-corrected chi connectivity index (χ4v) is 3.47. The van der Waals surface area contributed by atoms with E-state index < -0.39 is 0 Å². The Morgan fingerprint density at radius 1 is 0.586 bits per heavy atom.